The Balaban J connectivity index is 2.27. The molecule has 0 saturated carbocycles. The summed E-state index contributed by atoms with van der Waals surface area (Å²) < 4.78 is 10.6. The standard InChI is InChI=1S/C24H30Cl2N2O4/c1-5-20(24(30)27-6-2)28(15-17-18(25)8-7-9-19(17)26)23(29)13-11-16-10-12-21(31-3)22(14-16)32-4/h7-10,12,14,20H,5-6,11,13,15H2,1-4H3,(H,27,30)/t20-/m1/s1. The van der Waals surface area contributed by atoms with Crippen LogP contribution in [0.4, 0.5) is 0 Å². The summed E-state index contributed by atoms with van der Waals surface area (Å²) in [7, 11) is 3.14. The van der Waals surface area contributed by atoms with E-state index in [2.05, 4.69) is 5.32 Å². The summed E-state index contributed by atoms with van der Waals surface area (Å²) in [6.45, 7) is 4.36. The SMILES string of the molecule is CCNC(=O)[C@@H](CC)N(Cc1c(Cl)cccc1Cl)C(=O)CCc1ccc(OC)c(OC)c1. The lowest BCUT2D eigenvalue weighted by Gasteiger charge is -2.31. The van der Waals surface area contributed by atoms with Gasteiger partial charge in [-0.15, -0.1) is 0 Å². The highest BCUT2D eigenvalue weighted by molar-refractivity contribution is 6.36. The molecule has 2 rings (SSSR count). The van der Waals surface area contributed by atoms with Gasteiger partial charge in [0.25, 0.3) is 0 Å². The Hall–Kier alpha value is -2.44. The molecule has 2 aromatic rings. The van der Waals surface area contributed by atoms with Crippen LogP contribution in [0.15, 0.2) is 36.4 Å². The van der Waals surface area contributed by atoms with Gasteiger partial charge < -0.3 is 19.7 Å². The van der Waals surface area contributed by atoms with Crippen LogP contribution in [0, 0.1) is 0 Å². The fourth-order valence-corrected chi connectivity index (χ4v) is 4.01. The highest BCUT2D eigenvalue weighted by Crippen LogP contribution is 2.29. The second-order valence-electron chi connectivity index (χ2n) is 7.23. The lowest BCUT2D eigenvalue weighted by Crippen LogP contribution is -2.49. The largest absolute Gasteiger partial charge is 0.493 e. The van der Waals surface area contributed by atoms with Gasteiger partial charge in [0.1, 0.15) is 6.04 Å². The van der Waals surface area contributed by atoms with Crippen LogP contribution in [0.3, 0.4) is 0 Å². The van der Waals surface area contributed by atoms with Gasteiger partial charge in [0, 0.05) is 35.1 Å². The van der Waals surface area contributed by atoms with Crippen LogP contribution < -0.4 is 14.8 Å². The van der Waals surface area contributed by atoms with Gasteiger partial charge >= 0.3 is 0 Å². The van der Waals surface area contributed by atoms with Gasteiger partial charge in [-0.2, -0.15) is 0 Å². The zero-order valence-corrected chi connectivity index (χ0v) is 20.4. The number of carbonyl (C=O) groups is 2. The fraction of sp³-hybridized carbons (Fsp3) is 0.417. The second-order valence-corrected chi connectivity index (χ2v) is 8.04. The van der Waals surface area contributed by atoms with E-state index in [4.69, 9.17) is 32.7 Å². The van der Waals surface area contributed by atoms with E-state index in [9.17, 15) is 9.59 Å². The Morgan fingerprint density at radius 3 is 2.25 bits per heavy atom. The third-order valence-corrected chi connectivity index (χ3v) is 5.91. The number of benzene rings is 2. The molecule has 2 aromatic carbocycles. The van der Waals surface area contributed by atoms with Crippen LogP contribution in [0.25, 0.3) is 0 Å². The van der Waals surface area contributed by atoms with Crippen molar-refractivity contribution in [3.63, 3.8) is 0 Å². The quantitative estimate of drug-likeness (QED) is 0.497. The third-order valence-electron chi connectivity index (χ3n) is 5.20. The highest BCUT2D eigenvalue weighted by Gasteiger charge is 2.29. The molecule has 174 valence electrons. The molecular formula is C24H30Cl2N2O4. The maximum atomic E-state index is 13.3. The van der Waals surface area contributed by atoms with Crippen molar-refractivity contribution in [2.45, 2.75) is 45.7 Å². The number of hydrogen-bond acceptors (Lipinski definition) is 4. The number of halogens is 2. The summed E-state index contributed by atoms with van der Waals surface area (Å²) >= 11 is 12.7. The number of ether oxygens (including phenoxy) is 2. The predicted octanol–water partition coefficient (Wildman–Crippen LogP) is 4.89. The molecule has 0 saturated heterocycles. The predicted molar refractivity (Wildman–Crippen MR) is 128 cm³/mol. The number of methoxy groups -OCH3 is 2. The normalized spacial score (nSPS) is 11.6. The molecule has 8 heteroatoms. The van der Waals surface area contributed by atoms with Crippen molar-refractivity contribution in [1.82, 2.24) is 10.2 Å². The van der Waals surface area contributed by atoms with E-state index in [1.807, 2.05) is 32.0 Å². The molecule has 0 aliphatic heterocycles. The molecule has 0 fully saturated rings. The summed E-state index contributed by atoms with van der Waals surface area (Å²) in [4.78, 5) is 27.6. The van der Waals surface area contributed by atoms with E-state index in [0.717, 1.165) is 5.56 Å². The van der Waals surface area contributed by atoms with Gasteiger partial charge in [0.15, 0.2) is 11.5 Å². The molecule has 0 aromatic heterocycles. The lowest BCUT2D eigenvalue weighted by atomic mass is 10.1. The molecule has 2 amide bonds. The van der Waals surface area contributed by atoms with E-state index in [-0.39, 0.29) is 24.8 Å². The molecule has 0 unspecified atom stereocenters. The van der Waals surface area contributed by atoms with Crippen molar-refractivity contribution in [2.75, 3.05) is 20.8 Å². The number of carbonyl (C=O) groups excluding carboxylic acids is 2. The van der Waals surface area contributed by atoms with E-state index in [1.165, 1.54) is 0 Å². The Morgan fingerprint density at radius 2 is 1.69 bits per heavy atom. The molecule has 0 spiro atoms. The van der Waals surface area contributed by atoms with Crippen LogP contribution in [-0.4, -0.2) is 43.5 Å². The number of likely N-dealkylation sites (N-methyl/N-ethyl adjacent to an activating group) is 1. The first-order chi connectivity index (χ1) is 15.4. The van der Waals surface area contributed by atoms with Crippen LogP contribution >= 0.6 is 23.2 Å². The summed E-state index contributed by atoms with van der Waals surface area (Å²) in [5.41, 5.74) is 1.55. The summed E-state index contributed by atoms with van der Waals surface area (Å²) in [5, 5.41) is 3.74. The van der Waals surface area contributed by atoms with Crippen LogP contribution in [-0.2, 0) is 22.6 Å². The number of amides is 2. The highest BCUT2D eigenvalue weighted by atomic mass is 35.5. The van der Waals surface area contributed by atoms with E-state index in [0.29, 0.717) is 46.5 Å². The Bertz CT molecular complexity index is 916. The number of hydrogen-bond donors (Lipinski definition) is 1. The average molecular weight is 481 g/mol. The minimum Gasteiger partial charge on any atom is -0.493 e. The molecule has 32 heavy (non-hydrogen) atoms. The van der Waals surface area contributed by atoms with Crippen molar-refractivity contribution < 1.29 is 19.1 Å². The minimum absolute atomic E-state index is 0.152. The van der Waals surface area contributed by atoms with Gasteiger partial charge in [-0.1, -0.05) is 42.3 Å². The van der Waals surface area contributed by atoms with Gasteiger partial charge in [-0.3, -0.25) is 9.59 Å². The van der Waals surface area contributed by atoms with E-state index >= 15 is 0 Å². The van der Waals surface area contributed by atoms with Crippen LogP contribution in [0.2, 0.25) is 10.0 Å². The monoisotopic (exact) mass is 480 g/mol. The van der Waals surface area contributed by atoms with Crippen molar-refractivity contribution in [3.05, 3.63) is 57.6 Å². The van der Waals surface area contributed by atoms with Crippen LogP contribution in [0.1, 0.15) is 37.8 Å². The first-order valence-electron chi connectivity index (χ1n) is 10.6. The van der Waals surface area contributed by atoms with Gasteiger partial charge in [0.2, 0.25) is 11.8 Å². The van der Waals surface area contributed by atoms with Gasteiger partial charge in [0.05, 0.1) is 14.2 Å². The average Bonchev–Trinajstić information content (AvgIpc) is 2.79. The Morgan fingerprint density at radius 1 is 1.03 bits per heavy atom. The van der Waals surface area contributed by atoms with E-state index in [1.54, 1.807) is 37.3 Å². The second kappa shape index (κ2) is 12.6. The maximum Gasteiger partial charge on any atom is 0.242 e. The summed E-state index contributed by atoms with van der Waals surface area (Å²) in [5.74, 6) is 0.872. The number of nitrogens with one attached hydrogen (secondary N) is 1. The molecule has 0 heterocycles. The van der Waals surface area contributed by atoms with Gasteiger partial charge in [-0.05, 0) is 49.6 Å². The number of nitrogens with zero attached hydrogens (tertiary/aromatic N) is 1. The smallest absolute Gasteiger partial charge is 0.242 e. The minimum atomic E-state index is -0.625. The first-order valence-corrected chi connectivity index (χ1v) is 11.3. The zero-order valence-electron chi connectivity index (χ0n) is 18.9. The van der Waals surface area contributed by atoms with Crippen molar-refractivity contribution >= 4 is 35.0 Å². The Labute approximate surface area is 199 Å². The third kappa shape index (κ3) is 6.53. The number of aryl methyl sites for hydroxylation is 1. The van der Waals surface area contributed by atoms with Crippen molar-refractivity contribution in [3.8, 4) is 11.5 Å². The first kappa shape index (κ1) is 25.8. The van der Waals surface area contributed by atoms with Crippen LogP contribution in [0.5, 0.6) is 11.5 Å². The number of rotatable bonds is 11. The zero-order chi connectivity index (χ0) is 23.7. The van der Waals surface area contributed by atoms with Gasteiger partial charge in [-0.25, -0.2) is 0 Å². The molecule has 0 aliphatic carbocycles. The Kier molecular flexibility index (Phi) is 10.1. The molecule has 6 nitrogen and oxygen atoms in total. The summed E-state index contributed by atoms with van der Waals surface area (Å²) in [6, 6.07) is 10.1. The lowest BCUT2D eigenvalue weighted by molar-refractivity contribution is -0.141. The van der Waals surface area contributed by atoms with Crippen molar-refractivity contribution in [2.24, 2.45) is 0 Å². The fourth-order valence-electron chi connectivity index (χ4n) is 3.50. The van der Waals surface area contributed by atoms with E-state index < -0.39 is 6.04 Å². The van der Waals surface area contributed by atoms with Crippen molar-refractivity contribution in [1.29, 1.82) is 0 Å². The molecular weight excluding hydrogens is 451 g/mol. The molecule has 1 N–H and O–H groups in total. The maximum absolute atomic E-state index is 13.3. The molecule has 0 bridgehead atoms. The molecule has 0 aliphatic rings. The molecule has 0 radical (unpaired) electrons. The molecule has 1 atom stereocenters. The topological polar surface area (TPSA) is 67.9 Å². The summed E-state index contributed by atoms with van der Waals surface area (Å²) in [6.07, 6.45) is 1.17.